The zero-order valence-electron chi connectivity index (χ0n) is 11.3. The highest BCUT2D eigenvalue weighted by atomic mass is 31.2. The molecule has 0 saturated heterocycles. The van der Waals surface area contributed by atoms with Gasteiger partial charge in [0.15, 0.2) is 0 Å². The van der Waals surface area contributed by atoms with Gasteiger partial charge in [0, 0.05) is 5.39 Å². The molecule has 2 aromatic carbocycles. The summed E-state index contributed by atoms with van der Waals surface area (Å²) in [5, 5.41) is 2.03. The van der Waals surface area contributed by atoms with Gasteiger partial charge in [-0.25, -0.2) is 4.57 Å². The Morgan fingerprint density at radius 3 is 2.53 bits per heavy atom. The van der Waals surface area contributed by atoms with Gasteiger partial charge in [0.05, 0.1) is 12.8 Å². The van der Waals surface area contributed by atoms with E-state index in [4.69, 9.17) is 9.05 Å². The lowest BCUT2D eigenvalue weighted by atomic mass is 10.1. The smallest absolute Gasteiger partial charge is 0.379 e. The number of rotatable bonds is 6. The Kier molecular flexibility index (Phi) is 4.62. The zero-order chi connectivity index (χ0) is 13.7. The van der Waals surface area contributed by atoms with Gasteiger partial charge in [-0.1, -0.05) is 43.3 Å². The maximum atomic E-state index is 12.6. The predicted molar refractivity (Wildman–Crippen MR) is 79.0 cm³/mol. The van der Waals surface area contributed by atoms with E-state index in [1.165, 1.54) is 0 Å². The Balaban J connectivity index is 2.36. The monoisotopic (exact) mass is 278 g/mol. The summed E-state index contributed by atoms with van der Waals surface area (Å²) >= 11 is 0. The molecular weight excluding hydrogens is 259 g/mol. The van der Waals surface area contributed by atoms with Crippen LogP contribution in [0.15, 0.2) is 42.5 Å². The summed E-state index contributed by atoms with van der Waals surface area (Å²) in [5.74, 6) is 0.628. The largest absolute Gasteiger partial charge is 0.424 e. The first kappa shape index (κ1) is 14.1. The van der Waals surface area contributed by atoms with Crippen molar-refractivity contribution in [1.82, 2.24) is 0 Å². The SMILES string of the molecule is CCCP(=O)(OCC)Oc1cccc2ccccc12. The number of hydrogen-bond acceptors (Lipinski definition) is 3. The van der Waals surface area contributed by atoms with E-state index in [-0.39, 0.29) is 0 Å². The summed E-state index contributed by atoms with van der Waals surface area (Å²) in [7, 11) is -3.05. The molecule has 0 fully saturated rings. The summed E-state index contributed by atoms with van der Waals surface area (Å²) in [6, 6.07) is 13.6. The van der Waals surface area contributed by atoms with E-state index in [2.05, 4.69) is 0 Å². The topological polar surface area (TPSA) is 35.5 Å². The van der Waals surface area contributed by atoms with Crippen LogP contribution in [0, 0.1) is 0 Å². The molecule has 0 amide bonds. The quantitative estimate of drug-likeness (QED) is 0.708. The fourth-order valence-corrected chi connectivity index (χ4v) is 3.71. The molecule has 4 heteroatoms. The second kappa shape index (κ2) is 6.23. The molecule has 0 heterocycles. The van der Waals surface area contributed by atoms with Crippen molar-refractivity contribution in [2.24, 2.45) is 0 Å². The van der Waals surface area contributed by atoms with Crippen LogP contribution < -0.4 is 4.52 Å². The highest BCUT2D eigenvalue weighted by molar-refractivity contribution is 7.54. The Hall–Kier alpha value is -1.31. The first-order valence-corrected chi connectivity index (χ1v) is 8.32. The Morgan fingerprint density at radius 2 is 1.79 bits per heavy atom. The lowest BCUT2D eigenvalue weighted by molar-refractivity contribution is 0.279. The second-order valence-electron chi connectivity index (χ2n) is 4.32. The molecule has 0 aliphatic heterocycles. The highest BCUT2D eigenvalue weighted by Gasteiger charge is 2.25. The summed E-state index contributed by atoms with van der Waals surface area (Å²) in [5.41, 5.74) is 0. The van der Waals surface area contributed by atoms with Gasteiger partial charge in [0.25, 0.3) is 0 Å². The lowest BCUT2D eigenvalue weighted by Gasteiger charge is -2.19. The van der Waals surface area contributed by atoms with Crippen molar-refractivity contribution < 1.29 is 13.6 Å². The van der Waals surface area contributed by atoms with Crippen molar-refractivity contribution in [3.05, 3.63) is 42.5 Å². The molecule has 0 spiro atoms. The molecule has 2 aromatic rings. The third-order valence-corrected chi connectivity index (χ3v) is 4.93. The number of hydrogen-bond donors (Lipinski definition) is 0. The minimum atomic E-state index is -3.05. The van der Waals surface area contributed by atoms with Gasteiger partial charge in [-0.15, -0.1) is 0 Å². The average molecular weight is 278 g/mol. The standard InChI is InChI=1S/C15H19O3P/c1-3-12-19(16,17-4-2)18-15-11-7-9-13-8-5-6-10-14(13)15/h5-11H,3-4,12H2,1-2H3. The first-order valence-electron chi connectivity index (χ1n) is 6.59. The molecular formula is C15H19O3P. The average Bonchev–Trinajstić information content (AvgIpc) is 2.39. The second-order valence-corrected chi connectivity index (χ2v) is 6.43. The van der Waals surface area contributed by atoms with Crippen molar-refractivity contribution in [2.45, 2.75) is 20.3 Å². The van der Waals surface area contributed by atoms with Crippen LogP contribution >= 0.6 is 7.60 Å². The van der Waals surface area contributed by atoms with Crippen LogP contribution in [-0.4, -0.2) is 12.8 Å². The molecule has 0 aliphatic rings. The molecule has 0 saturated carbocycles. The summed E-state index contributed by atoms with van der Waals surface area (Å²) in [6.07, 6.45) is 1.20. The minimum absolute atomic E-state index is 0.391. The molecule has 1 unspecified atom stereocenters. The van der Waals surface area contributed by atoms with Gasteiger partial charge in [-0.2, -0.15) is 0 Å². The molecule has 0 bridgehead atoms. The van der Waals surface area contributed by atoms with Crippen molar-refractivity contribution >= 4 is 18.4 Å². The zero-order valence-corrected chi connectivity index (χ0v) is 12.2. The maximum Gasteiger partial charge on any atom is 0.379 e. The van der Waals surface area contributed by atoms with Crippen molar-refractivity contribution in [2.75, 3.05) is 12.8 Å². The summed E-state index contributed by atoms with van der Waals surface area (Å²) < 4.78 is 23.7. The fraction of sp³-hybridized carbons (Fsp3) is 0.333. The van der Waals surface area contributed by atoms with Crippen LogP contribution in [0.3, 0.4) is 0 Å². The van der Waals surface area contributed by atoms with Crippen LogP contribution in [-0.2, 0) is 9.09 Å². The predicted octanol–water partition coefficient (Wildman–Crippen LogP) is 4.86. The maximum absolute atomic E-state index is 12.6. The van der Waals surface area contributed by atoms with Gasteiger partial charge in [-0.05, 0) is 24.8 Å². The molecule has 19 heavy (non-hydrogen) atoms. The van der Waals surface area contributed by atoms with Crippen molar-refractivity contribution in [3.8, 4) is 5.75 Å². The Labute approximate surface area is 114 Å². The van der Waals surface area contributed by atoms with Crippen molar-refractivity contribution in [1.29, 1.82) is 0 Å². The van der Waals surface area contributed by atoms with E-state index in [9.17, 15) is 4.57 Å². The molecule has 0 aromatic heterocycles. The van der Waals surface area contributed by atoms with E-state index in [1.807, 2.05) is 56.3 Å². The Morgan fingerprint density at radius 1 is 1.05 bits per heavy atom. The van der Waals surface area contributed by atoms with E-state index in [0.29, 0.717) is 18.5 Å². The fourth-order valence-electron chi connectivity index (χ4n) is 2.03. The minimum Gasteiger partial charge on any atom is -0.424 e. The van der Waals surface area contributed by atoms with Crippen molar-refractivity contribution in [3.63, 3.8) is 0 Å². The van der Waals surface area contributed by atoms with Gasteiger partial charge in [-0.3, -0.25) is 0 Å². The van der Waals surface area contributed by atoms with Gasteiger partial charge in [0.2, 0.25) is 0 Å². The first-order chi connectivity index (χ1) is 9.18. The van der Waals surface area contributed by atoms with E-state index in [1.54, 1.807) is 0 Å². The third kappa shape index (κ3) is 3.37. The molecule has 102 valence electrons. The molecule has 3 nitrogen and oxygen atoms in total. The normalized spacial score (nSPS) is 14.2. The van der Waals surface area contributed by atoms with Crippen LogP contribution in [0.2, 0.25) is 0 Å². The molecule has 2 rings (SSSR count). The summed E-state index contributed by atoms with van der Waals surface area (Å²) in [4.78, 5) is 0. The Bertz CT molecular complexity index is 579. The van der Waals surface area contributed by atoms with Gasteiger partial charge in [0.1, 0.15) is 5.75 Å². The highest BCUT2D eigenvalue weighted by Crippen LogP contribution is 2.49. The molecule has 1 atom stereocenters. The summed E-state index contributed by atoms with van der Waals surface area (Å²) in [6.45, 7) is 4.19. The van der Waals surface area contributed by atoms with E-state index >= 15 is 0 Å². The van der Waals surface area contributed by atoms with E-state index in [0.717, 1.165) is 17.2 Å². The van der Waals surface area contributed by atoms with E-state index < -0.39 is 7.60 Å². The lowest BCUT2D eigenvalue weighted by Crippen LogP contribution is -2.02. The van der Waals surface area contributed by atoms with Crippen LogP contribution in [0.4, 0.5) is 0 Å². The van der Waals surface area contributed by atoms with Crippen LogP contribution in [0.1, 0.15) is 20.3 Å². The third-order valence-electron chi connectivity index (χ3n) is 2.81. The van der Waals surface area contributed by atoms with Crippen LogP contribution in [0.5, 0.6) is 5.75 Å². The number of benzene rings is 2. The van der Waals surface area contributed by atoms with Gasteiger partial charge < -0.3 is 9.05 Å². The molecule has 0 N–H and O–H groups in total. The number of fused-ring (bicyclic) bond motifs is 1. The molecule has 0 aliphatic carbocycles. The van der Waals surface area contributed by atoms with Crippen LogP contribution in [0.25, 0.3) is 10.8 Å². The molecule has 0 radical (unpaired) electrons. The van der Waals surface area contributed by atoms with Gasteiger partial charge >= 0.3 is 7.60 Å².